The summed E-state index contributed by atoms with van der Waals surface area (Å²) in [6, 6.07) is 7.10. The van der Waals surface area contributed by atoms with Crippen LogP contribution >= 0.6 is 15.9 Å². The number of rotatable bonds is 6. The summed E-state index contributed by atoms with van der Waals surface area (Å²) < 4.78 is 6.78. The van der Waals surface area contributed by atoms with Crippen molar-refractivity contribution in [3.05, 3.63) is 28.2 Å². The fourth-order valence-electron chi connectivity index (χ4n) is 2.76. The highest BCUT2D eigenvalue weighted by molar-refractivity contribution is 9.10. The average molecular weight is 355 g/mol. The van der Waals surface area contributed by atoms with Crippen molar-refractivity contribution in [1.29, 1.82) is 0 Å². The minimum absolute atomic E-state index is 0.483. The third-order valence-corrected chi connectivity index (χ3v) is 4.42. The number of benzene rings is 1. The molecule has 0 spiro atoms. The van der Waals surface area contributed by atoms with Crippen LogP contribution in [0.25, 0.3) is 0 Å². The Labute approximate surface area is 137 Å². The summed E-state index contributed by atoms with van der Waals surface area (Å²) in [7, 11) is 0. The van der Waals surface area contributed by atoms with Gasteiger partial charge < -0.3 is 15.0 Å². The monoisotopic (exact) mass is 354 g/mol. The van der Waals surface area contributed by atoms with Gasteiger partial charge in [0.15, 0.2) is 0 Å². The van der Waals surface area contributed by atoms with Crippen LogP contribution < -0.4 is 10.2 Å². The summed E-state index contributed by atoms with van der Waals surface area (Å²) >= 11 is 3.62. The van der Waals surface area contributed by atoms with E-state index in [1.54, 1.807) is 0 Å². The first-order valence-electron chi connectivity index (χ1n) is 7.95. The predicted molar refractivity (Wildman–Crippen MR) is 92.9 cm³/mol. The fraction of sp³-hybridized carbons (Fsp3) is 0.647. The Hall–Kier alpha value is -0.580. The van der Waals surface area contributed by atoms with Gasteiger partial charge in [-0.2, -0.15) is 0 Å². The van der Waals surface area contributed by atoms with Gasteiger partial charge in [0.2, 0.25) is 0 Å². The molecule has 2 rings (SSSR count). The highest BCUT2D eigenvalue weighted by Crippen LogP contribution is 2.29. The largest absolute Gasteiger partial charge is 0.377 e. The molecule has 0 aliphatic carbocycles. The van der Waals surface area contributed by atoms with E-state index in [4.69, 9.17) is 4.74 Å². The van der Waals surface area contributed by atoms with Crippen molar-refractivity contribution < 1.29 is 4.74 Å². The minimum Gasteiger partial charge on any atom is -0.377 e. The van der Waals surface area contributed by atoms with E-state index in [0.717, 1.165) is 43.7 Å². The fourth-order valence-corrected chi connectivity index (χ4v) is 3.11. The van der Waals surface area contributed by atoms with Gasteiger partial charge in [0.25, 0.3) is 0 Å². The van der Waals surface area contributed by atoms with E-state index in [1.807, 2.05) is 0 Å². The van der Waals surface area contributed by atoms with Crippen LogP contribution in [0.3, 0.4) is 0 Å². The number of halogens is 1. The van der Waals surface area contributed by atoms with Crippen molar-refractivity contribution in [3.8, 4) is 0 Å². The Morgan fingerprint density at radius 1 is 1.43 bits per heavy atom. The molecule has 0 bridgehead atoms. The summed E-state index contributed by atoms with van der Waals surface area (Å²) in [5.41, 5.74) is 2.72. The van der Waals surface area contributed by atoms with Gasteiger partial charge in [0, 0.05) is 23.2 Å². The number of nitrogens with zero attached hydrogens (tertiary/aromatic N) is 1. The number of morpholine rings is 1. The Morgan fingerprint density at radius 3 is 2.95 bits per heavy atom. The van der Waals surface area contributed by atoms with Crippen LogP contribution in [0.4, 0.5) is 5.69 Å². The standard InChI is InChI=1S/C17H27BrN2O/c1-4-16-12-21-8-7-20(16)17-9-15(18)6-5-14(17)11-19-10-13(2)3/h5-6,9,13,16,19H,4,7-8,10-12H2,1-3H3. The molecular formula is C17H27BrN2O. The van der Waals surface area contributed by atoms with E-state index in [-0.39, 0.29) is 0 Å². The molecule has 4 heteroatoms. The second-order valence-corrected chi connectivity index (χ2v) is 7.04. The van der Waals surface area contributed by atoms with E-state index in [0.29, 0.717) is 12.0 Å². The van der Waals surface area contributed by atoms with Gasteiger partial charge in [-0.25, -0.2) is 0 Å². The molecule has 1 atom stereocenters. The molecule has 1 heterocycles. The molecule has 1 fully saturated rings. The number of hydrogen-bond donors (Lipinski definition) is 1. The average Bonchev–Trinajstić information content (AvgIpc) is 2.48. The quantitative estimate of drug-likeness (QED) is 0.840. The SMILES string of the molecule is CCC1COCCN1c1cc(Br)ccc1CNCC(C)C. The normalized spacial score (nSPS) is 19.3. The van der Waals surface area contributed by atoms with Gasteiger partial charge in [0.05, 0.1) is 19.3 Å². The molecule has 0 amide bonds. The van der Waals surface area contributed by atoms with Crippen LogP contribution in [0.1, 0.15) is 32.8 Å². The molecule has 1 aliphatic heterocycles. The van der Waals surface area contributed by atoms with Crippen molar-refractivity contribution in [3.63, 3.8) is 0 Å². The van der Waals surface area contributed by atoms with Crippen molar-refractivity contribution in [2.45, 2.75) is 39.8 Å². The van der Waals surface area contributed by atoms with Crippen LogP contribution in [-0.4, -0.2) is 32.3 Å². The summed E-state index contributed by atoms with van der Waals surface area (Å²) in [4.78, 5) is 2.51. The zero-order valence-corrected chi connectivity index (χ0v) is 14.9. The summed E-state index contributed by atoms with van der Waals surface area (Å²) in [5.74, 6) is 0.677. The molecule has 1 aromatic carbocycles. The van der Waals surface area contributed by atoms with Gasteiger partial charge >= 0.3 is 0 Å². The van der Waals surface area contributed by atoms with Crippen molar-refractivity contribution in [2.24, 2.45) is 5.92 Å². The van der Waals surface area contributed by atoms with Crippen molar-refractivity contribution >= 4 is 21.6 Å². The van der Waals surface area contributed by atoms with E-state index in [9.17, 15) is 0 Å². The lowest BCUT2D eigenvalue weighted by Gasteiger charge is -2.38. The van der Waals surface area contributed by atoms with Gasteiger partial charge in [-0.05, 0) is 36.6 Å². The van der Waals surface area contributed by atoms with Crippen LogP contribution in [0.2, 0.25) is 0 Å². The zero-order chi connectivity index (χ0) is 15.2. The van der Waals surface area contributed by atoms with Gasteiger partial charge in [-0.1, -0.05) is 42.8 Å². The Bertz CT molecular complexity index is 450. The Kier molecular flexibility index (Phi) is 6.52. The molecule has 3 nitrogen and oxygen atoms in total. The third-order valence-electron chi connectivity index (χ3n) is 3.92. The first-order valence-corrected chi connectivity index (χ1v) is 8.74. The molecule has 0 radical (unpaired) electrons. The lowest BCUT2D eigenvalue weighted by molar-refractivity contribution is 0.0929. The zero-order valence-electron chi connectivity index (χ0n) is 13.4. The maximum absolute atomic E-state index is 5.64. The lowest BCUT2D eigenvalue weighted by atomic mass is 10.1. The van der Waals surface area contributed by atoms with E-state index >= 15 is 0 Å². The van der Waals surface area contributed by atoms with Crippen LogP contribution in [0.5, 0.6) is 0 Å². The van der Waals surface area contributed by atoms with E-state index in [2.05, 4.69) is 65.1 Å². The predicted octanol–water partition coefficient (Wildman–Crippen LogP) is 3.81. The molecule has 1 saturated heterocycles. The molecule has 1 aliphatic rings. The third kappa shape index (κ3) is 4.70. The minimum atomic E-state index is 0.483. The molecule has 0 saturated carbocycles. The van der Waals surface area contributed by atoms with Crippen LogP contribution in [-0.2, 0) is 11.3 Å². The van der Waals surface area contributed by atoms with Gasteiger partial charge in [0.1, 0.15) is 0 Å². The van der Waals surface area contributed by atoms with Crippen molar-refractivity contribution in [2.75, 3.05) is 31.2 Å². The molecule has 1 aromatic rings. The van der Waals surface area contributed by atoms with Gasteiger partial charge in [-0.3, -0.25) is 0 Å². The summed E-state index contributed by atoms with van der Waals surface area (Å²) in [6.45, 7) is 11.3. The molecule has 0 aromatic heterocycles. The maximum atomic E-state index is 5.64. The highest BCUT2D eigenvalue weighted by Gasteiger charge is 2.23. The second-order valence-electron chi connectivity index (χ2n) is 6.13. The number of ether oxygens (including phenoxy) is 1. The molecule has 118 valence electrons. The number of nitrogens with one attached hydrogen (secondary N) is 1. The van der Waals surface area contributed by atoms with E-state index < -0.39 is 0 Å². The summed E-state index contributed by atoms with van der Waals surface area (Å²) in [6.07, 6.45) is 1.12. The molecule has 1 unspecified atom stereocenters. The van der Waals surface area contributed by atoms with Crippen LogP contribution in [0.15, 0.2) is 22.7 Å². The Morgan fingerprint density at radius 2 is 2.24 bits per heavy atom. The van der Waals surface area contributed by atoms with Crippen molar-refractivity contribution in [1.82, 2.24) is 5.32 Å². The van der Waals surface area contributed by atoms with Crippen LogP contribution in [0, 0.1) is 5.92 Å². The van der Waals surface area contributed by atoms with E-state index in [1.165, 1.54) is 11.3 Å². The van der Waals surface area contributed by atoms with Gasteiger partial charge in [-0.15, -0.1) is 0 Å². The first kappa shape index (κ1) is 16.8. The molecular weight excluding hydrogens is 328 g/mol. The first-order chi connectivity index (χ1) is 10.1. The molecule has 1 N–H and O–H groups in total. The lowest BCUT2D eigenvalue weighted by Crippen LogP contribution is -2.45. The molecule has 21 heavy (non-hydrogen) atoms. The maximum Gasteiger partial charge on any atom is 0.0670 e. The highest BCUT2D eigenvalue weighted by atomic mass is 79.9. The second kappa shape index (κ2) is 8.16. The smallest absolute Gasteiger partial charge is 0.0670 e. The summed E-state index contributed by atoms with van der Waals surface area (Å²) in [5, 5.41) is 3.56. The number of anilines is 1. The topological polar surface area (TPSA) is 24.5 Å². The number of hydrogen-bond acceptors (Lipinski definition) is 3. The Balaban J connectivity index is 2.17.